The van der Waals surface area contributed by atoms with Crippen molar-refractivity contribution in [3.8, 4) is 0 Å². The summed E-state index contributed by atoms with van der Waals surface area (Å²) in [5, 5.41) is 6.22. The Bertz CT molecular complexity index is 302. The normalized spacial score (nSPS) is 38.9. The van der Waals surface area contributed by atoms with Gasteiger partial charge in [-0.3, -0.25) is 4.79 Å². The summed E-state index contributed by atoms with van der Waals surface area (Å²) in [4.78, 5) is 11.9. The third kappa shape index (κ3) is 2.69. The Morgan fingerprint density at radius 2 is 2.28 bits per heavy atom. The van der Waals surface area contributed by atoms with Gasteiger partial charge in [0.1, 0.15) is 6.10 Å². The van der Waals surface area contributed by atoms with E-state index in [9.17, 15) is 4.79 Å². The minimum Gasteiger partial charge on any atom is -0.366 e. The summed E-state index contributed by atoms with van der Waals surface area (Å²) < 4.78 is 5.44. The lowest BCUT2D eigenvalue weighted by atomic mass is 9.86. The molecule has 2 bridgehead atoms. The second-order valence-corrected chi connectivity index (χ2v) is 6.08. The van der Waals surface area contributed by atoms with Crippen LogP contribution in [-0.4, -0.2) is 38.3 Å². The minimum absolute atomic E-state index is 0.0605. The van der Waals surface area contributed by atoms with E-state index >= 15 is 0 Å². The van der Waals surface area contributed by atoms with Crippen LogP contribution in [0.4, 0.5) is 0 Å². The van der Waals surface area contributed by atoms with Crippen LogP contribution in [0.5, 0.6) is 0 Å². The lowest BCUT2D eigenvalue weighted by molar-refractivity contribution is -0.134. The summed E-state index contributed by atoms with van der Waals surface area (Å²) >= 11 is 0. The zero-order chi connectivity index (χ0) is 12.4. The molecule has 1 saturated heterocycles. The first kappa shape index (κ1) is 12.4. The van der Waals surface area contributed by atoms with Crippen molar-refractivity contribution in [2.24, 2.45) is 17.8 Å². The third-order valence-corrected chi connectivity index (χ3v) is 4.92. The number of hydrogen-bond acceptors (Lipinski definition) is 3. The molecule has 0 aromatic heterocycles. The molecule has 18 heavy (non-hydrogen) atoms. The number of hydrogen-bond donors (Lipinski definition) is 2. The van der Waals surface area contributed by atoms with Crippen molar-refractivity contribution < 1.29 is 9.53 Å². The van der Waals surface area contributed by atoms with Crippen molar-refractivity contribution in [1.82, 2.24) is 10.6 Å². The number of ether oxygens (including phenoxy) is 1. The molecule has 2 N–H and O–H groups in total. The molecule has 0 radical (unpaired) electrons. The first-order valence-electron chi connectivity index (χ1n) is 7.43. The van der Waals surface area contributed by atoms with Crippen molar-refractivity contribution in [3.63, 3.8) is 0 Å². The topological polar surface area (TPSA) is 50.4 Å². The Morgan fingerprint density at radius 1 is 1.33 bits per heavy atom. The van der Waals surface area contributed by atoms with E-state index in [-0.39, 0.29) is 12.0 Å². The lowest BCUT2D eigenvalue weighted by Gasteiger charge is -2.24. The van der Waals surface area contributed by atoms with Crippen LogP contribution >= 0.6 is 0 Å². The predicted molar refractivity (Wildman–Crippen MR) is 69.2 cm³/mol. The van der Waals surface area contributed by atoms with E-state index in [1.54, 1.807) is 0 Å². The van der Waals surface area contributed by atoms with Crippen LogP contribution in [0.1, 0.15) is 32.1 Å². The fourth-order valence-electron chi connectivity index (χ4n) is 3.96. The van der Waals surface area contributed by atoms with Crippen LogP contribution in [0.2, 0.25) is 0 Å². The lowest BCUT2D eigenvalue weighted by Crippen LogP contribution is -2.48. The van der Waals surface area contributed by atoms with Gasteiger partial charge in [0.2, 0.25) is 5.91 Å². The van der Waals surface area contributed by atoms with Crippen LogP contribution in [0.15, 0.2) is 0 Å². The van der Waals surface area contributed by atoms with Gasteiger partial charge in [-0.05, 0) is 43.4 Å². The molecule has 102 valence electrons. The number of amides is 1. The number of carbonyl (C=O) groups excluding carboxylic acids is 1. The van der Waals surface area contributed by atoms with Crippen molar-refractivity contribution in [2.75, 3.05) is 26.2 Å². The molecule has 4 nitrogen and oxygen atoms in total. The zero-order valence-electron chi connectivity index (χ0n) is 11.0. The first-order chi connectivity index (χ1) is 8.83. The van der Waals surface area contributed by atoms with E-state index in [0.717, 1.165) is 37.3 Å². The number of rotatable bonds is 4. The second kappa shape index (κ2) is 5.57. The summed E-state index contributed by atoms with van der Waals surface area (Å²) in [5.41, 5.74) is 0. The van der Waals surface area contributed by atoms with E-state index in [0.29, 0.717) is 13.2 Å². The van der Waals surface area contributed by atoms with Gasteiger partial charge in [-0.25, -0.2) is 0 Å². The largest absolute Gasteiger partial charge is 0.366 e. The molecule has 3 rings (SSSR count). The molecular formula is C14H24N2O2. The van der Waals surface area contributed by atoms with Crippen LogP contribution in [0.25, 0.3) is 0 Å². The summed E-state index contributed by atoms with van der Waals surface area (Å²) in [5.74, 6) is 2.89. The van der Waals surface area contributed by atoms with Crippen molar-refractivity contribution in [3.05, 3.63) is 0 Å². The highest BCUT2D eigenvalue weighted by Crippen LogP contribution is 2.49. The Labute approximate surface area is 109 Å². The van der Waals surface area contributed by atoms with E-state index in [4.69, 9.17) is 4.74 Å². The fraction of sp³-hybridized carbons (Fsp3) is 0.929. The molecule has 0 aromatic carbocycles. The maximum absolute atomic E-state index is 11.9. The minimum atomic E-state index is -0.279. The number of morpholine rings is 1. The SMILES string of the molecule is O=C(NCCC1CC2CCC1C2)C1CNCCO1. The van der Waals surface area contributed by atoms with Gasteiger partial charge in [-0.1, -0.05) is 6.42 Å². The average molecular weight is 252 g/mol. The van der Waals surface area contributed by atoms with Crippen LogP contribution < -0.4 is 10.6 Å². The molecule has 4 unspecified atom stereocenters. The maximum atomic E-state index is 11.9. The maximum Gasteiger partial charge on any atom is 0.250 e. The van der Waals surface area contributed by atoms with Gasteiger partial charge in [0.15, 0.2) is 0 Å². The molecule has 2 saturated carbocycles. The van der Waals surface area contributed by atoms with E-state index < -0.39 is 0 Å². The second-order valence-electron chi connectivity index (χ2n) is 6.08. The van der Waals surface area contributed by atoms with Gasteiger partial charge in [0, 0.05) is 19.6 Å². The molecule has 0 spiro atoms. The highest BCUT2D eigenvalue weighted by atomic mass is 16.5. The quantitative estimate of drug-likeness (QED) is 0.782. The molecular weight excluding hydrogens is 228 g/mol. The molecule has 1 heterocycles. The Balaban J connectivity index is 1.35. The molecule has 4 heteroatoms. The highest BCUT2D eigenvalue weighted by molar-refractivity contribution is 5.81. The van der Waals surface area contributed by atoms with E-state index in [1.165, 1.54) is 25.7 Å². The summed E-state index contributed by atoms with van der Waals surface area (Å²) in [6.45, 7) is 2.98. The Morgan fingerprint density at radius 3 is 2.94 bits per heavy atom. The van der Waals surface area contributed by atoms with Crippen LogP contribution in [0.3, 0.4) is 0 Å². The zero-order valence-corrected chi connectivity index (χ0v) is 11.0. The molecule has 1 amide bonds. The molecule has 4 atom stereocenters. The van der Waals surface area contributed by atoms with Gasteiger partial charge >= 0.3 is 0 Å². The van der Waals surface area contributed by atoms with Crippen molar-refractivity contribution in [1.29, 1.82) is 0 Å². The van der Waals surface area contributed by atoms with Gasteiger partial charge < -0.3 is 15.4 Å². The number of nitrogens with one attached hydrogen (secondary N) is 2. The molecule has 0 aromatic rings. The van der Waals surface area contributed by atoms with Crippen molar-refractivity contribution >= 4 is 5.91 Å². The third-order valence-electron chi connectivity index (χ3n) is 4.92. The van der Waals surface area contributed by atoms with Gasteiger partial charge in [-0.15, -0.1) is 0 Å². The van der Waals surface area contributed by atoms with Gasteiger partial charge in [0.25, 0.3) is 0 Å². The molecule has 2 aliphatic carbocycles. The predicted octanol–water partition coefficient (Wildman–Crippen LogP) is 0.917. The molecule has 3 aliphatic rings. The summed E-state index contributed by atoms with van der Waals surface area (Å²) in [6, 6.07) is 0. The number of carbonyl (C=O) groups is 1. The molecule has 3 fully saturated rings. The summed E-state index contributed by atoms with van der Waals surface area (Å²) in [7, 11) is 0. The monoisotopic (exact) mass is 252 g/mol. The van der Waals surface area contributed by atoms with Crippen LogP contribution in [0, 0.1) is 17.8 Å². The van der Waals surface area contributed by atoms with Gasteiger partial charge in [-0.2, -0.15) is 0 Å². The Hall–Kier alpha value is -0.610. The van der Waals surface area contributed by atoms with E-state index in [2.05, 4.69) is 10.6 Å². The van der Waals surface area contributed by atoms with Gasteiger partial charge in [0.05, 0.1) is 6.61 Å². The van der Waals surface area contributed by atoms with E-state index in [1.807, 2.05) is 0 Å². The van der Waals surface area contributed by atoms with Crippen LogP contribution in [-0.2, 0) is 9.53 Å². The number of fused-ring (bicyclic) bond motifs is 2. The average Bonchev–Trinajstić information content (AvgIpc) is 3.02. The van der Waals surface area contributed by atoms with Crippen molar-refractivity contribution in [2.45, 2.75) is 38.2 Å². The fourth-order valence-corrected chi connectivity index (χ4v) is 3.96. The highest BCUT2D eigenvalue weighted by Gasteiger charge is 2.38. The molecule has 1 aliphatic heterocycles. The summed E-state index contributed by atoms with van der Waals surface area (Å²) in [6.07, 6.45) is 6.62. The first-order valence-corrected chi connectivity index (χ1v) is 7.43. The standard InChI is InChI=1S/C14H24N2O2/c17-14(13-9-15-5-6-18-13)16-4-3-12-8-10-1-2-11(12)7-10/h10-13,15H,1-9H2,(H,16,17). The smallest absolute Gasteiger partial charge is 0.250 e. The Kier molecular flexibility index (Phi) is 3.85.